The minimum absolute atomic E-state index is 0.0167. The molecule has 1 aliphatic rings. The van der Waals surface area contributed by atoms with Crippen LogP contribution in [0.4, 0.5) is 0 Å². The maximum atomic E-state index is 12.4. The number of nitrogens with zero attached hydrogens (tertiary/aromatic N) is 1. The number of nitrogens with one attached hydrogen (secondary N) is 1. The average molecular weight is 272 g/mol. The van der Waals surface area contributed by atoms with Gasteiger partial charge < -0.3 is 19.7 Å². The highest BCUT2D eigenvalue weighted by molar-refractivity contribution is 5.82. The lowest BCUT2D eigenvalue weighted by atomic mass is 10.0. The van der Waals surface area contributed by atoms with Crippen molar-refractivity contribution < 1.29 is 14.3 Å². The summed E-state index contributed by atoms with van der Waals surface area (Å²) in [7, 11) is 0. The zero-order valence-electron chi connectivity index (χ0n) is 12.3. The van der Waals surface area contributed by atoms with Crippen molar-refractivity contribution in [2.24, 2.45) is 0 Å². The molecular weight excluding hydrogens is 244 g/mol. The molecule has 1 N–H and O–H groups in total. The van der Waals surface area contributed by atoms with Gasteiger partial charge in [0.2, 0.25) is 5.91 Å². The Kier molecular flexibility index (Phi) is 8.79. The van der Waals surface area contributed by atoms with Gasteiger partial charge in [0.05, 0.1) is 19.3 Å². The first-order chi connectivity index (χ1) is 9.29. The predicted molar refractivity (Wildman–Crippen MR) is 75.2 cm³/mol. The predicted octanol–water partition coefficient (Wildman–Crippen LogP) is 1.03. The van der Waals surface area contributed by atoms with Crippen LogP contribution in [-0.2, 0) is 14.3 Å². The molecule has 0 bridgehead atoms. The minimum Gasteiger partial charge on any atom is -0.380 e. The second-order valence-electron chi connectivity index (χ2n) is 4.72. The highest BCUT2D eigenvalue weighted by atomic mass is 16.5. The van der Waals surface area contributed by atoms with Crippen LogP contribution in [0.1, 0.15) is 33.1 Å². The van der Waals surface area contributed by atoms with E-state index in [1.807, 2.05) is 18.7 Å². The Morgan fingerprint density at radius 1 is 1.16 bits per heavy atom. The van der Waals surface area contributed by atoms with Crippen LogP contribution in [0, 0.1) is 0 Å². The lowest BCUT2D eigenvalue weighted by molar-refractivity contribution is -0.135. The van der Waals surface area contributed by atoms with Gasteiger partial charge in [-0.2, -0.15) is 0 Å². The maximum absolute atomic E-state index is 12.4. The molecule has 0 aliphatic carbocycles. The van der Waals surface area contributed by atoms with E-state index in [-0.39, 0.29) is 11.9 Å². The summed E-state index contributed by atoms with van der Waals surface area (Å²) >= 11 is 0. The van der Waals surface area contributed by atoms with E-state index >= 15 is 0 Å². The number of amides is 1. The van der Waals surface area contributed by atoms with Gasteiger partial charge >= 0.3 is 0 Å². The van der Waals surface area contributed by atoms with Crippen molar-refractivity contribution in [3.05, 3.63) is 0 Å². The second-order valence-corrected chi connectivity index (χ2v) is 4.72. The molecule has 1 amide bonds. The average Bonchev–Trinajstić information content (AvgIpc) is 2.46. The van der Waals surface area contributed by atoms with Crippen molar-refractivity contribution in [3.8, 4) is 0 Å². The van der Waals surface area contributed by atoms with E-state index in [0.717, 1.165) is 19.4 Å². The van der Waals surface area contributed by atoms with E-state index < -0.39 is 0 Å². The Hall–Kier alpha value is -0.650. The lowest BCUT2D eigenvalue weighted by Gasteiger charge is -2.30. The third-order valence-electron chi connectivity index (χ3n) is 3.34. The first kappa shape index (κ1) is 16.4. The van der Waals surface area contributed by atoms with Crippen LogP contribution in [0.5, 0.6) is 0 Å². The standard InChI is InChI=1S/C14H28N2O3/c1-3-18-11-9-16(10-12-19-4-2)14(17)13-7-5-6-8-15-13/h13,15H,3-12H2,1-2H3/t13-/m0/s1. The van der Waals surface area contributed by atoms with E-state index in [2.05, 4.69) is 5.32 Å². The molecule has 1 aliphatic heterocycles. The summed E-state index contributed by atoms with van der Waals surface area (Å²) in [5.74, 6) is 0.194. The van der Waals surface area contributed by atoms with Crippen molar-refractivity contribution in [1.82, 2.24) is 10.2 Å². The second kappa shape index (κ2) is 10.2. The van der Waals surface area contributed by atoms with Gasteiger partial charge in [-0.05, 0) is 33.2 Å². The summed E-state index contributed by atoms with van der Waals surface area (Å²) in [4.78, 5) is 14.3. The molecule has 0 unspecified atom stereocenters. The molecular formula is C14H28N2O3. The van der Waals surface area contributed by atoms with Crippen molar-refractivity contribution in [3.63, 3.8) is 0 Å². The third kappa shape index (κ3) is 6.36. The number of piperidine rings is 1. The van der Waals surface area contributed by atoms with Gasteiger partial charge in [-0.1, -0.05) is 6.42 Å². The fourth-order valence-electron chi connectivity index (χ4n) is 2.25. The smallest absolute Gasteiger partial charge is 0.239 e. The van der Waals surface area contributed by atoms with Crippen LogP contribution < -0.4 is 5.32 Å². The quantitative estimate of drug-likeness (QED) is 0.637. The molecule has 0 aromatic carbocycles. The summed E-state index contributed by atoms with van der Waals surface area (Å²) in [6.45, 7) is 8.76. The summed E-state index contributed by atoms with van der Waals surface area (Å²) in [5, 5.41) is 3.31. The van der Waals surface area contributed by atoms with Crippen LogP contribution in [-0.4, -0.2) is 62.9 Å². The zero-order chi connectivity index (χ0) is 13.9. The van der Waals surface area contributed by atoms with Crippen LogP contribution in [0.15, 0.2) is 0 Å². The lowest BCUT2D eigenvalue weighted by Crippen LogP contribution is -2.50. The number of carbonyl (C=O) groups excluding carboxylic acids is 1. The summed E-state index contributed by atoms with van der Waals surface area (Å²) in [5.41, 5.74) is 0. The van der Waals surface area contributed by atoms with Gasteiger partial charge in [0.15, 0.2) is 0 Å². The minimum atomic E-state index is -0.0167. The first-order valence-electron chi connectivity index (χ1n) is 7.47. The topological polar surface area (TPSA) is 50.8 Å². The van der Waals surface area contributed by atoms with E-state index in [9.17, 15) is 4.79 Å². The summed E-state index contributed by atoms with van der Waals surface area (Å²) in [6, 6.07) is -0.0167. The van der Waals surface area contributed by atoms with Crippen molar-refractivity contribution >= 4 is 5.91 Å². The SMILES string of the molecule is CCOCCN(CCOCC)C(=O)[C@@H]1CCCCN1. The first-order valence-corrected chi connectivity index (χ1v) is 7.47. The van der Waals surface area contributed by atoms with Gasteiger partial charge in [-0.3, -0.25) is 4.79 Å². The van der Waals surface area contributed by atoms with Crippen molar-refractivity contribution in [2.75, 3.05) is 46.1 Å². The summed E-state index contributed by atoms with van der Waals surface area (Å²) < 4.78 is 10.7. The van der Waals surface area contributed by atoms with Gasteiger partial charge in [-0.15, -0.1) is 0 Å². The molecule has 0 saturated carbocycles. The third-order valence-corrected chi connectivity index (χ3v) is 3.34. The zero-order valence-corrected chi connectivity index (χ0v) is 12.3. The highest BCUT2D eigenvalue weighted by Gasteiger charge is 2.25. The highest BCUT2D eigenvalue weighted by Crippen LogP contribution is 2.10. The van der Waals surface area contributed by atoms with Crippen LogP contribution in [0.3, 0.4) is 0 Å². The summed E-state index contributed by atoms with van der Waals surface area (Å²) in [6.07, 6.45) is 3.24. The van der Waals surface area contributed by atoms with Gasteiger partial charge in [0.25, 0.3) is 0 Å². The molecule has 5 heteroatoms. The van der Waals surface area contributed by atoms with Gasteiger partial charge in [-0.25, -0.2) is 0 Å². The van der Waals surface area contributed by atoms with Crippen molar-refractivity contribution in [1.29, 1.82) is 0 Å². The molecule has 5 nitrogen and oxygen atoms in total. The van der Waals surface area contributed by atoms with Crippen LogP contribution >= 0.6 is 0 Å². The molecule has 1 rings (SSSR count). The van der Waals surface area contributed by atoms with E-state index in [1.165, 1.54) is 6.42 Å². The molecule has 1 saturated heterocycles. The van der Waals surface area contributed by atoms with Crippen LogP contribution in [0.2, 0.25) is 0 Å². The van der Waals surface area contributed by atoms with E-state index in [0.29, 0.717) is 39.5 Å². The largest absolute Gasteiger partial charge is 0.380 e. The molecule has 0 aromatic heterocycles. The molecule has 1 atom stereocenters. The Labute approximate surface area is 116 Å². The number of rotatable bonds is 9. The molecule has 1 heterocycles. The Morgan fingerprint density at radius 2 is 1.79 bits per heavy atom. The number of hydrogen-bond acceptors (Lipinski definition) is 4. The van der Waals surface area contributed by atoms with Gasteiger partial charge in [0, 0.05) is 26.3 Å². The number of hydrogen-bond donors (Lipinski definition) is 1. The maximum Gasteiger partial charge on any atom is 0.239 e. The van der Waals surface area contributed by atoms with Crippen LogP contribution in [0.25, 0.3) is 0 Å². The van der Waals surface area contributed by atoms with E-state index in [1.54, 1.807) is 0 Å². The number of ether oxygens (including phenoxy) is 2. The Balaban J connectivity index is 2.41. The fourth-order valence-corrected chi connectivity index (χ4v) is 2.25. The molecule has 19 heavy (non-hydrogen) atoms. The van der Waals surface area contributed by atoms with E-state index in [4.69, 9.17) is 9.47 Å². The fraction of sp³-hybridized carbons (Fsp3) is 0.929. The molecule has 112 valence electrons. The van der Waals surface area contributed by atoms with Crippen molar-refractivity contribution in [2.45, 2.75) is 39.2 Å². The molecule has 0 spiro atoms. The monoisotopic (exact) mass is 272 g/mol. The molecule has 1 fully saturated rings. The molecule has 0 aromatic rings. The van der Waals surface area contributed by atoms with Gasteiger partial charge in [0.1, 0.15) is 0 Å². The number of carbonyl (C=O) groups is 1. The molecule has 0 radical (unpaired) electrons. The normalized spacial score (nSPS) is 19.4. The Bertz CT molecular complexity index is 233. The Morgan fingerprint density at radius 3 is 2.26 bits per heavy atom.